The van der Waals surface area contributed by atoms with Crippen LogP contribution in [0.3, 0.4) is 0 Å². The number of fused-ring (bicyclic) bond motifs is 1. The Labute approximate surface area is 225 Å². The van der Waals surface area contributed by atoms with Crippen LogP contribution in [0.4, 0.5) is 5.69 Å². The van der Waals surface area contributed by atoms with Crippen molar-refractivity contribution >= 4 is 50.1 Å². The maximum absolute atomic E-state index is 14.4. The summed E-state index contributed by atoms with van der Waals surface area (Å²) in [7, 11) is -4.17. The molecule has 0 unspecified atom stereocenters. The van der Waals surface area contributed by atoms with E-state index in [1.807, 2.05) is 49.4 Å². The molecule has 0 saturated heterocycles. The Morgan fingerprint density at radius 3 is 2.13 bits per heavy atom. The molecular weight excluding hydrogens is 516 g/mol. The third-order valence-corrected chi connectivity index (χ3v) is 8.83. The van der Waals surface area contributed by atoms with Gasteiger partial charge in [0.05, 0.1) is 21.0 Å². The first-order valence-corrected chi connectivity index (χ1v) is 14.1. The standard InChI is InChI=1S/C30H24N2O4S2/c1-20-17-18-26(31-21(2)33)25(19-20)29(34)28-30(37-22-11-5-3-6-12-22)24-15-9-10-16-27(24)32(28)38(35,36)23-13-7-4-8-14-23/h3-19H,1-2H3,(H,31,33). The van der Waals surface area contributed by atoms with Crippen molar-refractivity contribution in [3.05, 3.63) is 120 Å². The van der Waals surface area contributed by atoms with Crippen LogP contribution in [-0.4, -0.2) is 24.1 Å². The van der Waals surface area contributed by atoms with Gasteiger partial charge in [0.15, 0.2) is 0 Å². The van der Waals surface area contributed by atoms with E-state index in [-0.39, 0.29) is 22.1 Å². The number of benzene rings is 4. The molecule has 5 rings (SSSR count). The van der Waals surface area contributed by atoms with Gasteiger partial charge in [0.25, 0.3) is 10.0 Å². The molecule has 0 spiro atoms. The van der Waals surface area contributed by atoms with Crippen LogP contribution in [-0.2, 0) is 14.8 Å². The number of rotatable bonds is 7. The van der Waals surface area contributed by atoms with Gasteiger partial charge in [-0.3, -0.25) is 9.59 Å². The van der Waals surface area contributed by atoms with Crippen molar-refractivity contribution in [1.29, 1.82) is 0 Å². The zero-order valence-electron chi connectivity index (χ0n) is 20.7. The number of anilines is 1. The van der Waals surface area contributed by atoms with Crippen LogP contribution >= 0.6 is 11.8 Å². The summed E-state index contributed by atoms with van der Waals surface area (Å²) in [6.45, 7) is 3.20. The zero-order valence-corrected chi connectivity index (χ0v) is 22.3. The van der Waals surface area contributed by atoms with Crippen molar-refractivity contribution in [2.24, 2.45) is 0 Å². The van der Waals surface area contributed by atoms with Gasteiger partial charge >= 0.3 is 0 Å². The molecule has 38 heavy (non-hydrogen) atoms. The summed E-state index contributed by atoms with van der Waals surface area (Å²) in [5.41, 5.74) is 1.74. The fourth-order valence-corrected chi connectivity index (χ4v) is 7.00. The molecule has 0 fully saturated rings. The monoisotopic (exact) mass is 540 g/mol. The molecule has 0 radical (unpaired) electrons. The summed E-state index contributed by atoms with van der Waals surface area (Å²) in [4.78, 5) is 27.8. The summed E-state index contributed by atoms with van der Waals surface area (Å²) >= 11 is 1.33. The Morgan fingerprint density at radius 2 is 1.45 bits per heavy atom. The van der Waals surface area contributed by atoms with Gasteiger partial charge in [-0.2, -0.15) is 0 Å². The molecule has 1 heterocycles. The number of carbonyl (C=O) groups excluding carboxylic acids is 2. The molecule has 5 aromatic rings. The van der Waals surface area contributed by atoms with Crippen LogP contribution in [0.5, 0.6) is 0 Å². The van der Waals surface area contributed by atoms with Crippen LogP contribution < -0.4 is 5.32 Å². The van der Waals surface area contributed by atoms with Crippen molar-refractivity contribution in [2.45, 2.75) is 28.5 Å². The Balaban J connectivity index is 1.86. The Bertz CT molecular complexity index is 1780. The van der Waals surface area contributed by atoms with Crippen LogP contribution in [0.2, 0.25) is 0 Å². The number of carbonyl (C=O) groups is 2. The summed E-state index contributed by atoms with van der Waals surface area (Å²) in [6, 6.07) is 29.8. The first kappa shape index (κ1) is 25.5. The lowest BCUT2D eigenvalue weighted by Gasteiger charge is -2.15. The second kappa shape index (κ2) is 10.3. The number of aryl methyl sites for hydroxylation is 1. The second-order valence-corrected chi connectivity index (χ2v) is 11.6. The number of para-hydroxylation sites is 1. The quantitative estimate of drug-likeness (QED) is 0.237. The average molecular weight is 541 g/mol. The molecule has 0 atom stereocenters. The van der Waals surface area contributed by atoms with Crippen LogP contribution in [0.25, 0.3) is 10.9 Å². The van der Waals surface area contributed by atoms with Crippen LogP contribution in [0.15, 0.2) is 118 Å². The Kier molecular flexibility index (Phi) is 6.93. The molecule has 0 bridgehead atoms. The fourth-order valence-electron chi connectivity index (χ4n) is 4.31. The van der Waals surface area contributed by atoms with E-state index >= 15 is 0 Å². The largest absolute Gasteiger partial charge is 0.326 e. The third kappa shape index (κ3) is 4.76. The number of hydrogen-bond donors (Lipinski definition) is 1. The van der Waals surface area contributed by atoms with E-state index < -0.39 is 15.8 Å². The van der Waals surface area contributed by atoms with Gasteiger partial charge < -0.3 is 5.32 Å². The smallest absolute Gasteiger partial charge is 0.268 e. The van der Waals surface area contributed by atoms with Crippen LogP contribution in [0.1, 0.15) is 28.5 Å². The molecule has 0 saturated carbocycles. The van der Waals surface area contributed by atoms with E-state index in [0.29, 0.717) is 21.5 Å². The average Bonchev–Trinajstić information content (AvgIpc) is 3.25. The molecule has 190 valence electrons. The van der Waals surface area contributed by atoms with Gasteiger partial charge in [-0.1, -0.05) is 78.0 Å². The molecule has 0 aliphatic carbocycles. The Hall–Kier alpha value is -4.14. The number of aromatic nitrogens is 1. The van der Waals surface area contributed by atoms with E-state index in [1.165, 1.54) is 30.8 Å². The SMILES string of the molecule is CC(=O)Nc1ccc(C)cc1C(=O)c1c(Sc2ccccc2)c2ccccc2n1S(=O)(=O)c1ccccc1. The van der Waals surface area contributed by atoms with E-state index in [1.54, 1.807) is 48.5 Å². The van der Waals surface area contributed by atoms with E-state index in [2.05, 4.69) is 5.32 Å². The summed E-state index contributed by atoms with van der Waals surface area (Å²) < 4.78 is 29.4. The van der Waals surface area contributed by atoms with E-state index in [9.17, 15) is 18.0 Å². The van der Waals surface area contributed by atoms with Gasteiger partial charge in [0, 0.05) is 22.8 Å². The molecule has 0 aliphatic rings. The maximum Gasteiger partial charge on any atom is 0.268 e. The van der Waals surface area contributed by atoms with Crippen molar-refractivity contribution in [3.63, 3.8) is 0 Å². The lowest BCUT2D eigenvalue weighted by Crippen LogP contribution is -2.21. The topological polar surface area (TPSA) is 85.2 Å². The summed E-state index contributed by atoms with van der Waals surface area (Å²) in [5, 5.41) is 3.36. The normalized spacial score (nSPS) is 11.4. The maximum atomic E-state index is 14.4. The highest BCUT2D eigenvalue weighted by atomic mass is 32.2. The highest BCUT2D eigenvalue weighted by Crippen LogP contribution is 2.41. The van der Waals surface area contributed by atoms with Crippen molar-refractivity contribution in [2.75, 3.05) is 5.32 Å². The lowest BCUT2D eigenvalue weighted by molar-refractivity contribution is -0.114. The molecule has 1 aromatic heterocycles. The minimum absolute atomic E-state index is 0.0149. The van der Waals surface area contributed by atoms with Gasteiger partial charge in [0.2, 0.25) is 11.7 Å². The van der Waals surface area contributed by atoms with Crippen LogP contribution in [0, 0.1) is 6.92 Å². The molecule has 8 heteroatoms. The minimum atomic E-state index is -4.17. The fraction of sp³-hybridized carbons (Fsp3) is 0.0667. The molecular formula is C30H24N2O4S2. The Morgan fingerprint density at radius 1 is 0.816 bits per heavy atom. The molecule has 1 amide bonds. The highest BCUT2D eigenvalue weighted by Gasteiger charge is 2.32. The van der Waals surface area contributed by atoms with E-state index in [4.69, 9.17) is 0 Å². The second-order valence-electron chi connectivity index (χ2n) is 8.75. The number of amides is 1. The molecule has 6 nitrogen and oxygen atoms in total. The number of hydrogen-bond acceptors (Lipinski definition) is 5. The predicted octanol–water partition coefficient (Wildman–Crippen LogP) is 6.53. The van der Waals surface area contributed by atoms with Gasteiger partial charge in [-0.15, -0.1) is 0 Å². The summed E-state index contributed by atoms with van der Waals surface area (Å²) in [5.74, 6) is -0.842. The van der Waals surface area contributed by atoms with Crippen molar-refractivity contribution in [3.8, 4) is 0 Å². The van der Waals surface area contributed by atoms with E-state index in [0.717, 1.165) is 14.4 Å². The highest BCUT2D eigenvalue weighted by molar-refractivity contribution is 7.99. The lowest BCUT2D eigenvalue weighted by atomic mass is 10.0. The first-order valence-electron chi connectivity index (χ1n) is 11.9. The number of nitrogens with one attached hydrogen (secondary N) is 1. The third-order valence-electron chi connectivity index (χ3n) is 5.98. The molecule has 4 aromatic carbocycles. The van der Waals surface area contributed by atoms with Crippen molar-refractivity contribution in [1.82, 2.24) is 3.97 Å². The van der Waals surface area contributed by atoms with Gasteiger partial charge in [-0.25, -0.2) is 12.4 Å². The predicted molar refractivity (Wildman–Crippen MR) is 150 cm³/mol. The van der Waals surface area contributed by atoms with Crippen molar-refractivity contribution < 1.29 is 18.0 Å². The minimum Gasteiger partial charge on any atom is -0.326 e. The molecule has 1 N–H and O–H groups in total. The molecule has 0 aliphatic heterocycles. The van der Waals surface area contributed by atoms with Gasteiger partial charge in [-0.05, 0) is 49.4 Å². The zero-order chi connectivity index (χ0) is 26.9. The number of nitrogens with zero attached hydrogens (tertiary/aromatic N) is 1. The first-order chi connectivity index (χ1) is 18.3. The number of ketones is 1. The summed E-state index contributed by atoms with van der Waals surface area (Å²) in [6.07, 6.45) is 0. The van der Waals surface area contributed by atoms with Gasteiger partial charge in [0.1, 0.15) is 5.69 Å².